The molecule has 0 aliphatic carbocycles. The topological polar surface area (TPSA) is 64.5 Å². The Balaban J connectivity index is 1.35. The third kappa shape index (κ3) is 4.84. The van der Waals surface area contributed by atoms with Gasteiger partial charge in [0.2, 0.25) is 0 Å². The third-order valence-electron chi connectivity index (χ3n) is 7.52. The Bertz CT molecular complexity index is 2170. The van der Waals surface area contributed by atoms with Crippen molar-refractivity contribution in [3.8, 4) is 56.4 Å². The number of nitrogens with zero attached hydrogens (tertiary/aromatic N) is 5. The third-order valence-corrected chi connectivity index (χ3v) is 8.67. The summed E-state index contributed by atoms with van der Waals surface area (Å²) in [4.78, 5) is 23.6. The molecule has 4 heterocycles. The van der Waals surface area contributed by atoms with Crippen LogP contribution in [0.25, 0.3) is 76.6 Å². The first-order chi connectivity index (χ1) is 21.3. The van der Waals surface area contributed by atoms with Crippen molar-refractivity contribution in [1.82, 2.24) is 24.9 Å². The smallest absolute Gasteiger partial charge is 0.164 e. The highest BCUT2D eigenvalue weighted by atomic mass is 32.1. The lowest BCUT2D eigenvalue weighted by molar-refractivity contribution is 1.07. The second-order valence-corrected chi connectivity index (χ2v) is 11.3. The molecule has 4 aromatic carbocycles. The minimum Gasteiger partial charge on any atom is -0.265 e. The van der Waals surface area contributed by atoms with Crippen LogP contribution in [0.3, 0.4) is 0 Å². The quantitative estimate of drug-likeness (QED) is 0.207. The molecule has 0 fully saturated rings. The number of fused-ring (bicyclic) bond motifs is 3. The normalized spacial score (nSPS) is 11.3. The fourth-order valence-electron chi connectivity index (χ4n) is 5.39. The van der Waals surface area contributed by atoms with Gasteiger partial charge in [-0.25, -0.2) is 15.0 Å². The van der Waals surface area contributed by atoms with Crippen LogP contribution in [0.1, 0.15) is 0 Å². The first-order valence-electron chi connectivity index (χ1n) is 14.0. The standard InChI is InChI=1S/C37H23N5S/c1-2-6-26(7-3-1)35-40-36(27-10-11-34-32(23-27)31-8-4-5-9-33(31)43-34)42-37(41-35)30-21-28(24-12-16-38-17-13-24)20-29(22-30)25-14-18-39-19-15-25/h1-23H. The minimum atomic E-state index is 0.616. The molecule has 8 aromatic rings. The molecule has 0 atom stereocenters. The van der Waals surface area contributed by atoms with Crippen LogP contribution in [0.15, 0.2) is 140 Å². The van der Waals surface area contributed by atoms with Crippen molar-refractivity contribution < 1.29 is 0 Å². The van der Waals surface area contributed by atoms with E-state index in [4.69, 9.17) is 15.0 Å². The number of hydrogen-bond acceptors (Lipinski definition) is 6. The molecule has 0 N–H and O–H groups in total. The zero-order valence-electron chi connectivity index (χ0n) is 22.9. The van der Waals surface area contributed by atoms with Crippen LogP contribution in [0.2, 0.25) is 0 Å². The predicted molar refractivity (Wildman–Crippen MR) is 175 cm³/mol. The van der Waals surface area contributed by atoms with Gasteiger partial charge in [0.1, 0.15) is 0 Å². The summed E-state index contributed by atoms with van der Waals surface area (Å²) < 4.78 is 2.52. The molecule has 8 rings (SSSR count). The molecule has 0 aliphatic heterocycles. The SMILES string of the molecule is c1ccc(-c2nc(-c3cc(-c4ccncc4)cc(-c4ccncc4)c3)nc(-c3ccc4sc5ccccc5c4c3)n2)cc1. The molecule has 5 nitrogen and oxygen atoms in total. The molecule has 6 heteroatoms. The monoisotopic (exact) mass is 569 g/mol. The van der Waals surface area contributed by atoms with E-state index >= 15 is 0 Å². The van der Waals surface area contributed by atoms with Gasteiger partial charge in [0.05, 0.1) is 0 Å². The maximum atomic E-state index is 5.10. The molecule has 0 radical (unpaired) electrons. The lowest BCUT2D eigenvalue weighted by Crippen LogP contribution is -2.00. The van der Waals surface area contributed by atoms with Crippen LogP contribution in [0, 0.1) is 0 Å². The maximum Gasteiger partial charge on any atom is 0.164 e. The van der Waals surface area contributed by atoms with E-state index in [0.717, 1.165) is 38.9 Å². The fraction of sp³-hybridized carbons (Fsp3) is 0. The molecular weight excluding hydrogens is 547 g/mol. The van der Waals surface area contributed by atoms with Crippen LogP contribution in [0.4, 0.5) is 0 Å². The van der Waals surface area contributed by atoms with Gasteiger partial charge < -0.3 is 0 Å². The summed E-state index contributed by atoms with van der Waals surface area (Å²) in [5.74, 6) is 1.89. The molecule has 202 valence electrons. The summed E-state index contributed by atoms with van der Waals surface area (Å²) in [7, 11) is 0. The first kappa shape index (κ1) is 25.1. The lowest BCUT2D eigenvalue weighted by atomic mass is 9.96. The number of pyridine rings is 2. The van der Waals surface area contributed by atoms with Crippen molar-refractivity contribution in [2.24, 2.45) is 0 Å². The summed E-state index contributed by atoms with van der Waals surface area (Å²) >= 11 is 1.80. The van der Waals surface area contributed by atoms with E-state index in [2.05, 4.69) is 70.6 Å². The molecule has 0 bridgehead atoms. The highest BCUT2D eigenvalue weighted by Crippen LogP contribution is 2.37. The Morgan fingerprint density at radius 1 is 0.349 bits per heavy atom. The zero-order valence-corrected chi connectivity index (χ0v) is 23.7. The zero-order chi connectivity index (χ0) is 28.6. The van der Waals surface area contributed by atoms with Gasteiger partial charge in [-0.2, -0.15) is 0 Å². The number of hydrogen-bond donors (Lipinski definition) is 0. The molecule has 4 aromatic heterocycles. The number of rotatable bonds is 5. The highest BCUT2D eigenvalue weighted by Gasteiger charge is 2.16. The molecule has 0 aliphatic rings. The van der Waals surface area contributed by atoms with E-state index in [9.17, 15) is 0 Å². The van der Waals surface area contributed by atoms with Gasteiger partial charge in [-0.15, -0.1) is 11.3 Å². The second kappa shape index (κ2) is 10.7. The van der Waals surface area contributed by atoms with Gasteiger partial charge in [-0.05, 0) is 89.0 Å². The van der Waals surface area contributed by atoms with Crippen LogP contribution in [-0.2, 0) is 0 Å². The first-order valence-corrected chi connectivity index (χ1v) is 14.8. The molecule has 0 saturated carbocycles. The van der Waals surface area contributed by atoms with Crippen LogP contribution < -0.4 is 0 Å². The van der Waals surface area contributed by atoms with E-state index in [1.165, 1.54) is 20.2 Å². The summed E-state index contributed by atoms with van der Waals surface area (Å²) in [5.41, 5.74) is 7.05. The van der Waals surface area contributed by atoms with Crippen molar-refractivity contribution in [3.63, 3.8) is 0 Å². The van der Waals surface area contributed by atoms with Crippen LogP contribution >= 0.6 is 11.3 Å². The van der Waals surface area contributed by atoms with Crippen LogP contribution in [0.5, 0.6) is 0 Å². The van der Waals surface area contributed by atoms with Gasteiger partial charge >= 0.3 is 0 Å². The van der Waals surface area contributed by atoms with Gasteiger partial charge in [0, 0.05) is 61.7 Å². The fourth-order valence-corrected chi connectivity index (χ4v) is 6.48. The molecular formula is C37H23N5S. The Hall–Kier alpha value is -5.59. The molecule has 0 amide bonds. The molecule has 0 unspecified atom stereocenters. The van der Waals surface area contributed by atoms with Crippen molar-refractivity contribution in [1.29, 1.82) is 0 Å². The molecule has 0 saturated heterocycles. The summed E-state index contributed by atoms with van der Waals surface area (Å²) in [6, 6.07) is 39.6. The predicted octanol–water partition coefficient (Wildman–Crippen LogP) is 9.36. The van der Waals surface area contributed by atoms with Crippen LogP contribution in [-0.4, -0.2) is 24.9 Å². The van der Waals surface area contributed by atoms with E-state index < -0.39 is 0 Å². The Labute approximate surface area is 252 Å². The summed E-state index contributed by atoms with van der Waals surface area (Å²) in [6.45, 7) is 0. The Morgan fingerprint density at radius 3 is 1.56 bits per heavy atom. The van der Waals surface area contributed by atoms with Crippen molar-refractivity contribution >= 4 is 31.5 Å². The van der Waals surface area contributed by atoms with E-state index in [1.807, 2.05) is 79.4 Å². The number of thiophene rings is 1. The average molecular weight is 570 g/mol. The van der Waals surface area contributed by atoms with E-state index in [-0.39, 0.29) is 0 Å². The number of benzene rings is 4. The highest BCUT2D eigenvalue weighted by molar-refractivity contribution is 7.25. The lowest BCUT2D eigenvalue weighted by Gasteiger charge is -2.12. The maximum absolute atomic E-state index is 5.10. The Morgan fingerprint density at radius 2 is 0.884 bits per heavy atom. The van der Waals surface area contributed by atoms with E-state index in [0.29, 0.717) is 17.5 Å². The van der Waals surface area contributed by atoms with Crippen molar-refractivity contribution in [2.75, 3.05) is 0 Å². The average Bonchev–Trinajstić information content (AvgIpc) is 3.47. The summed E-state index contributed by atoms with van der Waals surface area (Å²) in [6.07, 6.45) is 7.25. The molecule has 0 spiro atoms. The Kier molecular flexibility index (Phi) is 6.24. The van der Waals surface area contributed by atoms with Gasteiger partial charge in [0.25, 0.3) is 0 Å². The summed E-state index contributed by atoms with van der Waals surface area (Å²) in [5, 5.41) is 2.45. The minimum absolute atomic E-state index is 0.616. The number of aromatic nitrogens is 5. The second-order valence-electron chi connectivity index (χ2n) is 10.3. The van der Waals surface area contributed by atoms with Gasteiger partial charge in [-0.1, -0.05) is 48.5 Å². The largest absolute Gasteiger partial charge is 0.265 e. The van der Waals surface area contributed by atoms with Gasteiger partial charge in [0.15, 0.2) is 17.5 Å². The van der Waals surface area contributed by atoms with Crippen molar-refractivity contribution in [2.45, 2.75) is 0 Å². The van der Waals surface area contributed by atoms with Crippen molar-refractivity contribution in [3.05, 3.63) is 140 Å². The molecule has 43 heavy (non-hydrogen) atoms. The van der Waals surface area contributed by atoms with E-state index in [1.54, 1.807) is 11.3 Å². The van der Waals surface area contributed by atoms with Gasteiger partial charge in [-0.3, -0.25) is 9.97 Å².